The van der Waals surface area contributed by atoms with E-state index in [0.29, 0.717) is 12.4 Å². The molecule has 112 valence electrons. The highest BCUT2D eigenvalue weighted by Gasteiger charge is 2.18. The largest absolute Gasteiger partial charge is 0.372 e. The van der Waals surface area contributed by atoms with Gasteiger partial charge in [-0.3, -0.25) is 0 Å². The Balaban J connectivity index is 2.54. The van der Waals surface area contributed by atoms with Crippen LogP contribution in [0.2, 0.25) is 0 Å². The second-order valence-corrected chi connectivity index (χ2v) is 5.35. The Hall–Kier alpha value is -1.46. The van der Waals surface area contributed by atoms with E-state index < -0.39 is 0 Å². The monoisotopic (exact) mass is 349 g/mol. The van der Waals surface area contributed by atoms with Crippen LogP contribution in [0.4, 0.5) is 5.82 Å². The number of halogens is 1. The maximum absolute atomic E-state index is 5.74. The topological polar surface area (TPSA) is 47.0 Å². The number of aromatic nitrogens is 2. The first kappa shape index (κ1) is 15.9. The summed E-state index contributed by atoms with van der Waals surface area (Å²) in [5, 5.41) is 3.11. The van der Waals surface area contributed by atoms with Crippen molar-refractivity contribution in [1.29, 1.82) is 0 Å². The van der Waals surface area contributed by atoms with Crippen LogP contribution in [0.15, 0.2) is 34.8 Å². The average Bonchev–Trinajstić information content (AvgIpc) is 2.54. The van der Waals surface area contributed by atoms with Gasteiger partial charge in [0.2, 0.25) is 0 Å². The van der Waals surface area contributed by atoms with Gasteiger partial charge < -0.3 is 10.1 Å². The van der Waals surface area contributed by atoms with Crippen molar-refractivity contribution in [2.24, 2.45) is 0 Å². The average molecular weight is 350 g/mol. The Kier molecular flexibility index (Phi) is 5.70. The van der Waals surface area contributed by atoms with Gasteiger partial charge >= 0.3 is 0 Å². The van der Waals surface area contributed by atoms with Gasteiger partial charge in [0.25, 0.3) is 0 Å². The zero-order valence-corrected chi connectivity index (χ0v) is 14.1. The lowest BCUT2D eigenvalue weighted by atomic mass is 10.1. The molecule has 0 saturated carbocycles. The van der Waals surface area contributed by atoms with Crippen molar-refractivity contribution in [2.75, 3.05) is 19.0 Å². The summed E-state index contributed by atoms with van der Waals surface area (Å²) in [7, 11) is 1.85. The molecule has 0 radical (unpaired) electrons. The van der Waals surface area contributed by atoms with E-state index >= 15 is 0 Å². The molecule has 0 bridgehead atoms. The molecule has 5 heteroatoms. The number of nitrogens with zero attached hydrogens (tertiary/aromatic N) is 2. The standard InChI is InChI=1S/C16H20BrN3O/c1-4-12(21-5-2)15-19-14(11-9-7-6-8-10-11)13(17)16(18-3)20-15/h6-10,12H,4-5H2,1-3H3,(H,18,19,20). The van der Waals surface area contributed by atoms with Crippen LogP contribution in [0.5, 0.6) is 0 Å². The molecular weight excluding hydrogens is 330 g/mol. The molecule has 1 aromatic carbocycles. The fourth-order valence-corrected chi connectivity index (χ4v) is 2.74. The third-order valence-electron chi connectivity index (χ3n) is 3.18. The van der Waals surface area contributed by atoms with Gasteiger partial charge in [-0.25, -0.2) is 9.97 Å². The minimum Gasteiger partial charge on any atom is -0.372 e. The molecule has 2 rings (SSSR count). The summed E-state index contributed by atoms with van der Waals surface area (Å²) in [6.07, 6.45) is 0.755. The van der Waals surface area contributed by atoms with Crippen molar-refractivity contribution in [1.82, 2.24) is 9.97 Å². The molecule has 4 nitrogen and oxygen atoms in total. The predicted molar refractivity (Wildman–Crippen MR) is 89.4 cm³/mol. The highest BCUT2D eigenvalue weighted by molar-refractivity contribution is 9.10. The third kappa shape index (κ3) is 3.60. The number of hydrogen-bond donors (Lipinski definition) is 1. The van der Waals surface area contributed by atoms with Crippen LogP contribution in [-0.4, -0.2) is 23.6 Å². The highest BCUT2D eigenvalue weighted by Crippen LogP contribution is 2.33. The van der Waals surface area contributed by atoms with Gasteiger partial charge in [-0.15, -0.1) is 0 Å². The summed E-state index contributed by atoms with van der Waals surface area (Å²) < 4.78 is 6.61. The Morgan fingerprint density at radius 1 is 1.19 bits per heavy atom. The quantitative estimate of drug-likeness (QED) is 0.837. The SMILES string of the molecule is CCOC(CC)c1nc(NC)c(Br)c(-c2ccccc2)n1. The van der Waals surface area contributed by atoms with Gasteiger partial charge in [0.15, 0.2) is 5.82 Å². The molecule has 0 saturated heterocycles. The molecular formula is C16H20BrN3O. The number of nitrogens with one attached hydrogen (secondary N) is 1. The van der Waals surface area contributed by atoms with Gasteiger partial charge in [-0.1, -0.05) is 37.3 Å². The zero-order chi connectivity index (χ0) is 15.2. The minimum absolute atomic E-state index is 0.0855. The molecule has 21 heavy (non-hydrogen) atoms. The summed E-state index contributed by atoms with van der Waals surface area (Å²) >= 11 is 3.59. The zero-order valence-electron chi connectivity index (χ0n) is 12.6. The van der Waals surface area contributed by atoms with E-state index in [1.807, 2.05) is 44.3 Å². The Bertz CT molecular complexity index is 590. The number of ether oxygens (including phenoxy) is 1. The maximum atomic E-state index is 5.74. The van der Waals surface area contributed by atoms with Gasteiger partial charge in [-0.2, -0.15) is 0 Å². The van der Waals surface area contributed by atoms with Crippen LogP contribution in [0.3, 0.4) is 0 Å². The Labute approximate surface area is 134 Å². The van der Waals surface area contributed by atoms with Gasteiger partial charge in [-0.05, 0) is 29.3 Å². The predicted octanol–water partition coefficient (Wildman–Crippen LogP) is 4.44. The lowest BCUT2D eigenvalue weighted by molar-refractivity contribution is 0.0536. The van der Waals surface area contributed by atoms with Crippen LogP contribution >= 0.6 is 15.9 Å². The maximum Gasteiger partial charge on any atom is 0.160 e. The molecule has 0 spiro atoms. The fourth-order valence-electron chi connectivity index (χ4n) is 2.14. The van der Waals surface area contributed by atoms with Crippen LogP contribution in [0, 0.1) is 0 Å². The van der Waals surface area contributed by atoms with E-state index in [9.17, 15) is 0 Å². The summed E-state index contributed by atoms with van der Waals surface area (Å²) in [5.41, 5.74) is 1.93. The van der Waals surface area contributed by atoms with Gasteiger partial charge in [0, 0.05) is 19.2 Å². The minimum atomic E-state index is -0.0855. The van der Waals surface area contributed by atoms with Crippen molar-refractivity contribution in [2.45, 2.75) is 26.4 Å². The number of benzene rings is 1. The van der Waals surface area contributed by atoms with Crippen LogP contribution in [0.1, 0.15) is 32.2 Å². The molecule has 0 amide bonds. The second kappa shape index (κ2) is 7.52. The summed E-state index contributed by atoms with van der Waals surface area (Å²) in [6, 6.07) is 10.1. The smallest absolute Gasteiger partial charge is 0.160 e. The number of rotatable bonds is 6. The summed E-state index contributed by atoms with van der Waals surface area (Å²) in [6.45, 7) is 4.71. The Morgan fingerprint density at radius 2 is 1.90 bits per heavy atom. The summed E-state index contributed by atoms with van der Waals surface area (Å²) in [5.74, 6) is 1.49. The van der Waals surface area contributed by atoms with E-state index in [1.54, 1.807) is 0 Å². The van der Waals surface area contributed by atoms with E-state index in [2.05, 4.69) is 33.2 Å². The molecule has 1 atom stereocenters. The van der Waals surface area contributed by atoms with Gasteiger partial charge in [0.05, 0.1) is 10.2 Å². The lowest BCUT2D eigenvalue weighted by Crippen LogP contribution is -2.11. The van der Waals surface area contributed by atoms with E-state index in [-0.39, 0.29) is 6.10 Å². The van der Waals surface area contributed by atoms with Crippen LogP contribution in [0.25, 0.3) is 11.3 Å². The first-order valence-corrected chi connectivity index (χ1v) is 7.92. The van der Waals surface area contributed by atoms with E-state index in [4.69, 9.17) is 9.72 Å². The molecule has 0 aliphatic rings. The highest BCUT2D eigenvalue weighted by atomic mass is 79.9. The van der Waals surface area contributed by atoms with Crippen molar-refractivity contribution in [3.63, 3.8) is 0 Å². The van der Waals surface area contributed by atoms with Crippen molar-refractivity contribution in [3.05, 3.63) is 40.6 Å². The molecule has 1 unspecified atom stereocenters. The van der Waals surface area contributed by atoms with Gasteiger partial charge in [0.1, 0.15) is 11.9 Å². The molecule has 1 N–H and O–H groups in total. The van der Waals surface area contributed by atoms with E-state index in [1.165, 1.54) is 0 Å². The molecule has 0 fully saturated rings. The van der Waals surface area contributed by atoms with Crippen molar-refractivity contribution in [3.8, 4) is 11.3 Å². The first-order chi connectivity index (χ1) is 10.2. The molecule has 1 heterocycles. The van der Waals surface area contributed by atoms with Crippen molar-refractivity contribution >= 4 is 21.7 Å². The molecule has 2 aromatic rings. The third-order valence-corrected chi connectivity index (χ3v) is 3.93. The van der Waals surface area contributed by atoms with Crippen molar-refractivity contribution < 1.29 is 4.74 Å². The number of anilines is 1. The summed E-state index contributed by atoms with van der Waals surface area (Å²) in [4.78, 5) is 9.29. The Morgan fingerprint density at radius 3 is 2.48 bits per heavy atom. The van der Waals surface area contributed by atoms with E-state index in [0.717, 1.165) is 28.0 Å². The van der Waals surface area contributed by atoms with Crippen LogP contribution < -0.4 is 5.32 Å². The second-order valence-electron chi connectivity index (χ2n) is 4.56. The fraction of sp³-hybridized carbons (Fsp3) is 0.375. The lowest BCUT2D eigenvalue weighted by Gasteiger charge is -2.17. The normalized spacial score (nSPS) is 12.2. The van der Waals surface area contributed by atoms with Crippen LogP contribution in [-0.2, 0) is 4.74 Å². The molecule has 0 aliphatic carbocycles. The first-order valence-electron chi connectivity index (χ1n) is 7.13. The number of hydrogen-bond acceptors (Lipinski definition) is 4. The molecule has 1 aromatic heterocycles. The molecule has 0 aliphatic heterocycles.